The van der Waals surface area contributed by atoms with Gasteiger partial charge in [0, 0.05) is 23.0 Å². The van der Waals surface area contributed by atoms with Gasteiger partial charge in [-0.15, -0.1) is 0 Å². The van der Waals surface area contributed by atoms with E-state index in [1.54, 1.807) is 62.8 Å². The number of fused-ring (bicyclic) bond motifs is 6. The smallest absolute Gasteiger partial charge is 0.238 e. The Balaban J connectivity index is 1.52. The van der Waals surface area contributed by atoms with Gasteiger partial charge in [-0.1, -0.05) is 54.6 Å². The zero-order valence-electron chi connectivity index (χ0n) is 23.1. The Labute approximate surface area is 243 Å². The average molecular weight is 557 g/mol. The lowest BCUT2D eigenvalue weighted by Crippen LogP contribution is -2.49. The summed E-state index contributed by atoms with van der Waals surface area (Å²) in [6, 6.07) is 27.5. The summed E-state index contributed by atoms with van der Waals surface area (Å²) in [4.78, 5) is 45.9. The van der Waals surface area contributed by atoms with Crippen LogP contribution in [0.25, 0.3) is 6.08 Å². The summed E-state index contributed by atoms with van der Waals surface area (Å²) >= 11 is 0. The first kappa shape index (κ1) is 25.8. The van der Waals surface area contributed by atoms with Crippen LogP contribution in [0, 0.1) is 5.92 Å². The van der Waals surface area contributed by atoms with Crippen molar-refractivity contribution in [2.45, 2.75) is 17.5 Å². The molecule has 1 saturated heterocycles. The van der Waals surface area contributed by atoms with Crippen LogP contribution in [0.2, 0.25) is 0 Å². The van der Waals surface area contributed by atoms with Crippen LogP contribution in [0.1, 0.15) is 43.4 Å². The van der Waals surface area contributed by atoms with E-state index in [0.717, 1.165) is 11.1 Å². The van der Waals surface area contributed by atoms with E-state index in [2.05, 4.69) is 5.32 Å². The van der Waals surface area contributed by atoms with E-state index in [0.29, 0.717) is 33.9 Å². The second-order valence-electron chi connectivity index (χ2n) is 10.8. The van der Waals surface area contributed by atoms with Crippen molar-refractivity contribution in [2.24, 2.45) is 5.92 Å². The molecule has 4 aromatic rings. The number of carbonyl (C=O) groups excluding carboxylic acids is 3. The molecule has 4 atom stereocenters. The highest BCUT2D eigenvalue weighted by Gasteiger charge is 2.70. The van der Waals surface area contributed by atoms with E-state index < -0.39 is 23.4 Å². The topological polar surface area (TPSA) is 84.9 Å². The summed E-state index contributed by atoms with van der Waals surface area (Å²) in [5.41, 5.74) is 2.62. The van der Waals surface area contributed by atoms with Crippen LogP contribution in [-0.4, -0.2) is 42.6 Å². The number of nitrogens with one attached hydrogen (secondary N) is 1. The molecule has 0 aromatic heterocycles. The molecule has 4 aromatic carbocycles. The number of carbonyl (C=O) groups is 3. The van der Waals surface area contributed by atoms with E-state index in [4.69, 9.17) is 9.47 Å². The molecule has 1 N–H and O–H groups in total. The fourth-order valence-electron chi connectivity index (χ4n) is 7.05. The fraction of sp³-hybridized carbons (Fsp3) is 0.171. The molecule has 3 aliphatic heterocycles. The van der Waals surface area contributed by atoms with Gasteiger partial charge in [0.05, 0.1) is 26.2 Å². The van der Waals surface area contributed by atoms with Crippen molar-refractivity contribution in [2.75, 3.05) is 19.5 Å². The number of rotatable bonds is 6. The summed E-state index contributed by atoms with van der Waals surface area (Å²) in [5.74, 6) is -0.748. The van der Waals surface area contributed by atoms with Crippen LogP contribution in [0.3, 0.4) is 0 Å². The van der Waals surface area contributed by atoms with E-state index in [1.807, 2.05) is 65.7 Å². The first-order chi connectivity index (χ1) is 20.5. The number of para-hydroxylation sites is 1. The molecule has 1 amide bonds. The van der Waals surface area contributed by atoms with Crippen molar-refractivity contribution in [3.63, 3.8) is 0 Å². The zero-order valence-corrected chi connectivity index (χ0v) is 23.1. The number of hydrogen-bond donors (Lipinski definition) is 1. The maximum atomic E-state index is 14.8. The third kappa shape index (κ3) is 3.56. The Morgan fingerprint density at radius 1 is 0.786 bits per heavy atom. The molecule has 0 bridgehead atoms. The number of benzene rings is 4. The molecule has 0 unspecified atom stereocenters. The van der Waals surface area contributed by atoms with Crippen molar-refractivity contribution in [3.8, 4) is 11.5 Å². The van der Waals surface area contributed by atoms with Crippen LogP contribution in [-0.2, 0) is 10.2 Å². The van der Waals surface area contributed by atoms with Crippen LogP contribution < -0.4 is 14.8 Å². The minimum atomic E-state index is -1.38. The maximum absolute atomic E-state index is 14.8. The number of ether oxygens (including phenoxy) is 2. The summed E-state index contributed by atoms with van der Waals surface area (Å²) in [5, 5.41) is 3.07. The lowest BCUT2D eigenvalue weighted by molar-refractivity contribution is -0.122. The van der Waals surface area contributed by atoms with Gasteiger partial charge in [-0.25, -0.2) is 0 Å². The van der Waals surface area contributed by atoms with Crippen molar-refractivity contribution in [1.29, 1.82) is 0 Å². The average Bonchev–Trinajstić information content (AvgIpc) is 3.52. The van der Waals surface area contributed by atoms with Gasteiger partial charge < -0.3 is 19.7 Å². The molecule has 208 valence electrons. The molecule has 3 aliphatic rings. The maximum Gasteiger partial charge on any atom is 0.238 e. The van der Waals surface area contributed by atoms with E-state index in [1.165, 1.54) is 0 Å². The molecule has 7 heteroatoms. The minimum absolute atomic E-state index is 0.260. The fourth-order valence-corrected chi connectivity index (χ4v) is 7.05. The minimum Gasteiger partial charge on any atom is -0.497 e. The SMILES string of the molecule is COc1ccc(C(=O)[C@@H]2[C@@H](C(=O)c3cccc(OC)c3)N3C=Cc4ccccc4[C@@H]3[C@]23C(=O)Nc2ccccc23)cc1. The van der Waals surface area contributed by atoms with Crippen LogP contribution in [0.15, 0.2) is 103 Å². The first-order valence-corrected chi connectivity index (χ1v) is 13.8. The summed E-state index contributed by atoms with van der Waals surface area (Å²) < 4.78 is 10.7. The van der Waals surface area contributed by atoms with Crippen molar-refractivity contribution in [3.05, 3.63) is 131 Å². The molecule has 0 aliphatic carbocycles. The number of methoxy groups -OCH3 is 2. The molecule has 1 fully saturated rings. The molecular weight excluding hydrogens is 528 g/mol. The quantitative estimate of drug-likeness (QED) is 0.308. The normalized spacial score (nSPS) is 23.1. The van der Waals surface area contributed by atoms with E-state index in [9.17, 15) is 14.4 Å². The third-order valence-corrected chi connectivity index (χ3v) is 8.85. The molecule has 42 heavy (non-hydrogen) atoms. The highest BCUT2D eigenvalue weighted by molar-refractivity contribution is 6.16. The lowest BCUT2D eigenvalue weighted by atomic mass is 9.62. The van der Waals surface area contributed by atoms with Gasteiger partial charge in [0.15, 0.2) is 11.6 Å². The largest absolute Gasteiger partial charge is 0.497 e. The molecule has 7 nitrogen and oxygen atoms in total. The second-order valence-corrected chi connectivity index (χ2v) is 10.8. The predicted molar refractivity (Wildman–Crippen MR) is 159 cm³/mol. The number of ketones is 2. The highest BCUT2D eigenvalue weighted by atomic mass is 16.5. The van der Waals surface area contributed by atoms with Gasteiger partial charge in [0.25, 0.3) is 0 Å². The van der Waals surface area contributed by atoms with Gasteiger partial charge in [0.2, 0.25) is 5.91 Å². The number of Topliss-reactive ketones (excluding diaryl/α,β-unsaturated/α-hetero) is 2. The highest BCUT2D eigenvalue weighted by Crippen LogP contribution is 2.62. The summed E-state index contributed by atoms with van der Waals surface area (Å²) in [7, 11) is 3.11. The van der Waals surface area contributed by atoms with Crippen molar-refractivity contribution >= 4 is 29.2 Å². The number of anilines is 1. The lowest BCUT2D eigenvalue weighted by Gasteiger charge is -2.38. The van der Waals surface area contributed by atoms with Gasteiger partial charge in [-0.05, 0) is 65.2 Å². The number of hydrogen-bond acceptors (Lipinski definition) is 6. The molecule has 7 rings (SSSR count). The van der Waals surface area contributed by atoms with Crippen LogP contribution in [0.5, 0.6) is 11.5 Å². The van der Waals surface area contributed by atoms with Crippen LogP contribution in [0.4, 0.5) is 5.69 Å². The van der Waals surface area contributed by atoms with E-state index in [-0.39, 0.29) is 17.5 Å². The molecule has 1 spiro atoms. The molecule has 3 heterocycles. The molecular formula is C35H28N2O5. The van der Waals surface area contributed by atoms with E-state index >= 15 is 0 Å². The summed E-state index contributed by atoms with van der Waals surface area (Å²) in [6.07, 6.45) is 3.82. The van der Waals surface area contributed by atoms with Gasteiger partial charge in [0.1, 0.15) is 23.0 Å². The first-order valence-electron chi connectivity index (χ1n) is 13.8. The Morgan fingerprint density at radius 2 is 1.52 bits per heavy atom. The Morgan fingerprint density at radius 3 is 2.31 bits per heavy atom. The Bertz CT molecular complexity index is 1780. The molecule has 0 saturated carbocycles. The molecule has 0 radical (unpaired) electrons. The number of amides is 1. The Hall–Kier alpha value is -5.17. The third-order valence-electron chi connectivity index (χ3n) is 8.85. The second kappa shape index (κ2) is 9.73. The monoisotopic (exact) mass is 556 g/mol. The van der Waals surface area contributed by atoms with Crippen molar-refractivity contribution in [1.82, 2.24) is 4.90 Å². The van der Waals surface area contributed by atoms with Crippen LogP contribution >= 0.6 is 0 Å². The predicted octanol–water partition coefficient (Wildman–Crippen LogP) is 5.69. The summed E-state index contributed by atoms with van der Waals surface area (Å²) in [6.45, 7) is 0. The van der Waals surface area contributed by atoms with Crippen molar-refractivity contribution < 1.29 is 23.9 Å². The standard InChI is InChI=1S/C35H28N2O5/c1-41-24-16-14-22(15-17-24)31(38)29-30(32(39)23-9-7-10-25(20-23)42-2)37-19-18-21-8-3-4-11-26(21)33(37)35(29)27-12-5-6-13-28(27)36-34(35)40/h3-20,29-30,33H,1-2H3,(H,36,40)/t29-,30-,33+,35+/m0/s1. The number of nitrogens with zero attached hydrogens (tertiary/aromatic N) is 1. The van der Waals surface area contributed by atoms with Gasteiger partial charge >= 0.3 is 0 Å². The van der Waals surface area contributed by atoms with Gasteiger partial charge in [-0.2, -0.15) is 0 Å². The Kier molecular flexibility index (Phi) is 5.97. The van der Waals surface area contributed by atoms with Gasteiger partial charge in [-0.3, -0.25) is 14.4 Å². The zero-order chi connectivity index (χ0) is 29.0.